The summed E-state index contributed by atoms with van der Waals surface area (Å²) in [6, 6.07) is 15.7. The summed E-state index contributed by atoms with van der Waals surface area (Å²) in [4.78, 5) is 15.7. The van der Waals surface area contributed by atoms with E-state index in [2.05, 4.69) is 6.58 Å². The van der Waals surface area contributed by atoms with Crippen LogP contribution in [0, 0.1) is 0 Å². The van der Waals surface area contributed by atoms with Crippen LogP contribution in [0.3, 0.4) is 0 Å². The Labute approximate surface area is 140 Å². The molecule has 0 fully saturated rings. The van der Waals surface area contributed by atoms with Gasteiger partial charge in [0, 0.05) is 35.1 Å². The van der Waals surface area contributed by atoms with E-state index < -0.39 is 0 Å². The Hall–Kier alpha value is -2.59. The lowest BCUT2D eigenvalue weighted by Gasteiger charge is -2.20. The van der Waals surface area contributed by atoms with Gasteiger partial charge in [0.15, 0.2) is 0 Å². The van der Waals surface area contributed by atoms with Gasteiger partial charge in [0.25, 0.3) is 5.91 Å². The van der Waals surface area contributed by atoms with Crippen molar-refractivity contribution in [2.45, 2.75) is 6.54 Å². The van der Waals surface area contributed by atoms with Gasteiger partial charge in [0.2, 0.25) is 0 Å². The highest BCUT2D eigenvalue weighted by atomic mass is 32.1. The fourth-order valence-corrected chi connectivity index (χ4v) is 3.15. The molecule has 1 aromatic carbocycles. The standard InChI is InChI=1S/C19H18N2OS/c1-2-11-21(15-18-6-5-14-23-18)19(22)16-7-9-17(10-8-16)20-12-3-4-13-20/h2-10,12-14H,1,11,15H2. The molecule has 3 rings (SSSR count). The smallest absolute Gasteiger partial charge is 0.254 e. The quantitative estimate of drug-likeness (QED) is 0.619. The molecule has 2 heterocycles. The molecule has 0 saturated carbocycles. The number of rotatable bonds is 6. The minimum atomic E-state index is 0.0253. The van der Waals surface area contributed by atoms with E-state index in [1.807, 2.05) is 75.8 Å². The van der Waals surface area contributed by atoms with Gasteiger partial charge in [0.05, 0.1) is 6.54 Å². The average Bonchev–Trinajstić information content (AvgIpc) is 3.28. The number of aromatic nitrogens is 1. The maximum absolute atomic E-state index is 12.7. The third-order valence-electron chi connectivity index (χ3n) is 3.58. The van der Waals surface area contributed by atoms with Crippen LogP contribution in [0.15, 0.2) is 79.0 Å². The van der Waals surface area contributed by atoms with E-state index in [9.17, 15) is 4.79 Å². The summed E-state index contributed by atoms with van der Waals surface area (Å²) < 4.78 is 2.02. The summed E-state index contributed by atoms with van der Waals surface area (Å²) in [5, 5.41) is 2.03. The van der Waals surface area contributed by atoms with Crippen LogP contribution in [0.2, 0.25) is 0 Å². The Morgan fingerprint density at radius 2 is 1.87 bits per heavy atom. The molecule has 3 aromatic rings. The molecule has 1 amide bonds. The van der Waals surface area contributed by atoms with Crippen molar-refractivity contribution in [2.75, 3.05) is 6.54 Å². The normalized spacial score (nSPS) is 10.4. The van der Waals surface area contributed by atoms with Gasteiger partial charge in [-0.2, -0.15) is 0 Å². The second-order valence-corrected chi connectivity index (χ2v) is 6.22. The van der Waals surface area contributed by atoms with Gasteiger partial charge in [-0.25, -0.2) is 0 Å². The van der Waals surface area contributed by atoms with Crippen LogP contribution >= 0.6 is 11.3 Å². The van der Waals surface area contributed by atoms with Crippen LogP contribution in [0.5, 0.6) is 0 Å². The molecule has 0 aliphatic heterocycles. The van der Waals surface area contributed by atoms with Gasteiger partial charge in [-0.1, -0.05) is 12.1 Å². The van der Waals surface area contributed by atoms with Crippen LogP contribution in [-0.4, -0.2) is 21.9 Å². The van der Waals surface area contributed by atoms with Crippen LogP contribution < -0.4 is 0 Å². The zero-order valence-corrected chi connectivity index (χ0v) is 13.6. The predicted octanol–water partition coefficient (Wildman–Crippen LogP) is 4.37. The Morgan fingerprint density at radius 3 is 2.48 bits per heavy atom. The van der Waals surface area contributed by atoms with Crippen LogP contribution in [-0.2, 0) is 6.54 Å². The molecular weight excluding hydrogens is 304 g/mol. The number of benzene rings is 1. The largest absolute Gasteiger partial charge is 0.330 e. The lowest BCUT2D eigenvalue weighted by atomic mass is 10.1. The Morgan fingerprint density at radius 1 is 1.13 bits per heavy atom. The number of thiophene rings is 1. The molecule has 0 aliphatic rings. The molecule has 0 N–H and O–H groups in total. The van der Waals surface area contributed by atoms with E-state index in [0.29, 0.717) is 18.7 Å². The van der Waals surface area contributed by atoms with Crippen molar-refractivity contribution >= 4 is 17.2 Å². The average molecular weight is 322 g/mol. The molecule has 0 spiro atoms. The van der Waals surface area contributed by atoms with Crippen molar-refractivity contribution in [3.05, 3.63) is 89.4 Å². The van der Waals surface area contributed by atoms with Crippen molar-refractivity contribution < 1.29 is 4.79 Å². The molecule has 23 heavy (non-hydrogen) atoms. The molecule has 0 atom stereocenters. The van der Waals surface area contributed by atoms with Gasteiger partial charge in [0.1, 0.15) is 0 Å². The predicted molar refractivity (Wildman–Crippen MR) is 95.0 cm³/mol. The lowest BCUT2D eigenvalue weighted by molar-refractivity contribution is 0.0764. The maximum Gasteiger partial charge on any atom is 0.254 e. The Bertz CT molecular complexity index is 758. The molecule has 0 aliphatic carbocycles. The third kappa shape index (κ3) is 3.60. The van der Waals surface area contributed by atoms with Crippen molar-refractivity contribution in [3.8, 4) is 5.69 Å². The second kappa shape index (κ2) is 7.11. The summed E-state index contributed by atoms with van der Waals surface area (Å²) in [7, 11) is 0. The number of hydrogen-bond acceptors (Lipinski definition) is 2. The number of carbonyl (C=O) groups excluding carboxylic acids is 1. The first-order chi connectivity index (χ1) is 11.3. The molecule has 116 valence electrons. The van der Waals surface area contributed by atoms with Crippen molar-refractivity contribution in [3.63, 3.8) is 0 Å². The summed E-state index contributed by atoms with van der Waals surface area (Å²) >= 11 is 1.66. The minimum absolute atomic E-state index is 0.0253. The number of nitrogens with zero attached hydrogens (tertiary/aromatic N) is 2. The van der Waals surface area contributed by atoms with Crippen LogP contribution in [0.25, 0.3) is 5.69 Å². The zero-order chi connectivity index (χ0) is 16.1. The second-order valence-electron chi connectivity index (χ2n) is 5.19. The fourth-order valence-electron chi connectivity index (χ4n) is 2.43. The van der Waals surface area contributed by atoms with E-state index in [1.165, 1.54) is 4.88 Å². The molecule has 0 bridgehead atoms. The third-order valence-corrected chi connectivity index (χ3v) is 4.44. The SMILES string of the molecule is C=CCN(Cc1cccs1)C(=O)c1ccc(-n2cccc2)cc1. The van der Waals surface area contributed by atoms with E-state index in [0.717, 1.165) is 5.69 Å². The Kier molecular flexibility index (Phi) is 4.74. The maximum atomic E-state index is 12.7. The topological polar surface area (TPSA) is 25.2 Å². The number of hydrogen-bond donors (Lipinski definition) is 0. The summed E-state index contributed by atoms with van der Waals surface area (Å²) in [5.74, 6) is 0.0253. The molecule has 0 radical (unpaired) electrons. The number of carbonyl (C=O) groups is 1. The highest BCUT2D eigenvalue weighted by Gasteiger charge is 2.15. The Balaban J connectivity index is 1.78. The summed E-state index contributed by atoms with van der Waals surface area (Å²) in [5.41, 5.74) is 1.74. The molecule has 0 unspecified atom stereocenters. The van der Waals surface area contributed by atoms with Crippen molar-refractivity contribution in [1.29, 1.82) is 0 Å². The first-order valence-electron chi connectivity index (χ1n) is 7.44. The van der Waals surface area contributed by atoms with Crippen LogP contribution in [0.1, 0.15) is 15.2 Å². The van der Waals surface area contributed by atoms with Crippen molar-refractivity contribution in [2.24, 2.45) is 0 Å². The highest BCUT2D eigenvalue weighted by Crippen LogP contribution is 2.16. The van der Waals surface area contributed by atoms with Gasteiger partial charge < -0.3 is 9.47 Å². The van der Waals surface area contributed by atoms with Crippen LogP contribution in [0.4, 0.5) is 0 Å². The van der Waals surface area contributed by atoms with E-state index in [4.69, 9.17) is 0 Å². The number of amides is 1. The highest BCUT2D eigenvalue weighted by molar-refractivity contribution is 7.09. The minimum Gasteiger partial charge on any atom is -0.330 e. The molecule has 4 heteroatoms. The zero-order valence-electron chi connectivity index (χ0n) is 12.8. The van der Waals surface area contributed by atoms with Gasteiger partial charge in [-0.05, 0) is 47.8 Å². The monoisotopic (exact) mass is 322 g/mol. The molecular formula is C19H18N2OS. The lowest BCUT2D eigenvalue weighted by Crippen LogP contribution is -2.30. The summed E-state index contributed by atoms with van der Waals surface area (Å²) in [6.07, 6.45) is 5.73. The first-order valence-corrected chi connectivity index (χ1v) is 8.32. The van der Waals surface area contributed by atoms with E-state index >= 15 is 0 Å². The molecule has 3 nitrogen and oxygen atoms in total. The molecule has 0 saturated heterocycles. The summed E-state index contributed by atoms with van der Waals surface area (Å²) in [6.45, 7) is 4.91. The van der Waals surface area contributed by atoms with Gasteiger partial charge >= 0.3 is 0 Å². The van der Waals surface area contributed by atoms with E-state index in [-0.39, 0.29) is 5.91 Å². The fraction of sp³-hybridized carbons (Fsp3) is 0.105. The molecule has 2 aromatic heterocycles. The van der Waals surface area contributed by atoms with E-state index in [1.54, 1.807) is 17.4 Å². The van der Waals surface area contributed by atoms with Crippen molar-refractivity contribution in [1.82, 2.24) is 9.47 Å². The van der Waals surface area contributed by atoms with Gasteiger partial charge in [-0.3, -0.25) is 4.79 Å². The van der Waals surface area contributed by atoms with Gasteiger partial charge in [-0.15, -0.1) is 17.9 Å². The first kappa shape index (κ1) is 15.3.